The average Bonchev–Trinajstić information content (AvgIpc) is 2.64. The van der Waals surface area contributed by atoms with Crippen molar-refractivity contribution < 1.29 is 14.5 Å². The molecule has 6 nitrogen and oxygen atoms in total. The van der Waals surface area contributed by atoms with E-state index in [2.05, 4.69) is 17.0 Å². The summed E-state index contributed by atoms with van der Waals surface area (Å²) in [5.41, 5.74) is 1.48. The Morgan fingerprint density at radius 2 is 1.73 bits per heavy atom. The Hall–Kier alpha value is -2.73. The Labute approximate surface area is 153 Å². The normalized spacial score (nSPS) is 12.0. The van der Waals surface area contributed by atoms with Gasteiger partial charge in [-0.1, -0.05) is 30.3 Å². The van der Waals surface area contributed by atoms with Gasteiger partial charge in [0.1, 0.15) is 6.10 Å². The van der Waals surface area contributed by atoms with Crippen molar-refractivity contribution >= 4 is 11.7 Å². The van der Waals surface area contributed by atoms with Crippen LogP contribution in [0.4, 0.5) is 5.69 Å². The Morgan fingerprint density at radius 3 is 2.31 bits per heavy atom. The van der Waals surface area contributed by atoms with Gasteiger partial charge in [-0.05, 0) is 51.1 Å². The highest BCUT2D eigenvalue weighted by molar-refractivity contribution is 5.89. The van der Waals surface area contributed by atoms with Crippen LogP contribution in [0.15, 0.2) is 54.6 Å². The third-order valence-electron chi connectivity index (χ3n) is 4.08. The van der Waals surface area contributed by atoms with Crippen molar-refractivity contribution in [2.24, 2.45) is 0 Å². The molecule has 0 fully saturated rings. The lowest BCUT2D eigenvalue weighted by Gasteiger charge is -2.20. The summed E-state index contributed by atoms with van der Waals surface area (Å²) in [6.45, 7) is 0.812. The minimum absolute atomic E-state index is 0.0465. The number of hydrogen-bond donors (Lipinski definition) is 0. The lowest BCUT2D eigenvalue weighted by atomic mass is 10.0. The van der Waals surface area contributed by atoms with Crippen LogP contribution < -0.4 is 0 Å². The van der Waals surface area contributed by atoms with Gasteiger partial charge in [-0.2, -0.15) is 0 Å². The Kier molecular flexibility index (Phi) is 7.29. The highest BCUT2D eigenvalue weighted by Crippen LogP contribution is 2.16. The van der Waals surface area contributed by atoms with Crippen LogP contribution in [0, 0.1) is 10.1 Å². The largest absolute Gasteiger partial charge is 0.459 e. The maximum Gasteiger partial charge on any atom is 0.338 e. The molecule has 6 heteroatoms. The van der Waals surface area contributed by atoms with Crippen LogP contribution in [0.25, 0.3) is 0 Å². The molecule has 138 valence electrons. The number of benzene rings is 2. The molecule has 0 aliphatic carbocycles. The van der Waals surface area contributed by atoms with Crippen LogP contribution in [0.3, 0.4) is 0 Å². The molecule has 0 radical (unpaired) electrons. The first-order valence-corrected chi connectivity index (χ1v) is 8.60. The molecule has 1 atom stereocenters. The van der Waals surface area contributed by atoms with Crippen LogP contribution in [-0.4, -0.2) is 42.5 Å². The molecule has 0 aliphatic heterocycles. The van der Waals surface area contributed by atoms with Gasteiger partial charge in [0.2, 0.25) is 0 Å². The van der Waals surface area contributed by atoms with Gasteiger partial charge >= 0.3 is 5.97 Å². The molecule has 0 bridgehead atoms. The molecule has 0 aliphatic rings. The molecular formula is C20H24N2O4. The van der Waals surface area contributed by atoms with Crippen LogP contribution >= 0.6 is 0 Å². The van der Waals surface area contributed by atoms with Gasteiger partial charge in [-0.25, -0.2) is 4.79 Å². The summed E-state index contributed by atoms with van der Waals surface area (Å²) < 4.78 is 5.67. The molecule has 2 rings (SSSR count). The van der Waals surface area contributed by atoms with E-state index in [1.54, 1.807) is 0 Å². The van der Waals surface area contributed by atoms with Gasteiger partial charge in [0.05, 0.1) is 10.5 Å². The van der Waals surface area contributed by atoms with Crippen molar-refractivity contribution in [3.63, 3.8) is 0 Å². The third kappa shape index (κ3) is 6.29. The van der Waals surface area contributed by atoms with E-state index in [0.717, 1.165) is 25.8 Å². The molecule has 26 heavy (non-hydrogen) atoms. The highest BCUT2D eigenvalue weighted by Gasteiger charge is 2.17. The molecule has 0 amide bonds. The summed E-state index contributed by atoms with van der Waals surface area (Å²) in [5.74, 6) is -0.447. The quantitative estimate of drug-likeness (QED) is 0.389. The Morgan fingerprint density at radius 1 is 1.08 bits per heavy atom. The first-order valence-electron chi connectivity index (χ1n) is 8.60. The van der Waals surface area contributed by atoms with Gasteiger partial charge in [0.25, 0.3) is 5.69 Å². The highest BCUT2D eigenvalue weighted by atomic mass is 16.6. The molecule has 0 heterocycles. The lowest BCUT2D eigenvalue weighted by molar-refractivity contribution is -0.384. The molecule has 1 unspecified atom stereocenters. The zero-order valence-electron chi connectivity index (χ0n) is 15.1. The minimum atomic E-state index is -0.491. The van der Waals surface area contributed by atoms with E-state index in [1.165, 1.54) is 29.8 Å². The second kappa shape index (κ2) is 9.68. The van der Waals surface area contributed by atoms with Crippen molar-refractivity contribution in [3.8, 4) is 0 Å². The summed E-state index contributed by atoms with van der Waals surface area (Å²) in [7, 11) is 3.96. The fourth-order valence-corrected chi connectivity index (χ4v) is 2.58. The third-order valence-corrected chi connectivity index (χ3v) is 4.08. The smallest absolute Gasteiger partial charge is 0.338 e. The molecule has 0 N–H and O–H groups in total. The van der Waals surface area contributed by atoms with Gasteiger partial charge < -0.3 is 9.64 Å². The first-order chi connectivity index (χ1) is 12.5. The number of nitro benzene ring substituents is 1. The molecule has 0 saturated heterocycles. The number of nitrogens with zero attached hydrogens (tertiary/aromatic N) is 2. The second-order valence-electron chi connectivity index (χ2n) is 6.45. The average molecular weight is 356 g/mol. The van der Waals surface area contributed by atoms with E-state index in [1.807, 2.05) is 32.3 Å². The van der Waals surface area contributed by atoms with Crippen molar-refractivity contribution in [2.45, 2.75) is 25.4 Å². The van der Waals surface area contributed by atoms with E-state index in [0.29, 0.717) is 5.56 Å². The SMILES string of the molecule is CN(C)CCC(CCc1ccccc1)OC(=O)c1ccc([N+](=O)[O-])cc1. The fraction of sp³-hybridized carbons (Fsp3) is 0.350. The van der Waals surface area contributed by atoms with Crippen molar-refractivity contribution in [3.05, 3.63) is 75.8 Å². The van der Waals surface area contributed by atoms with E-state index >= 15 is 0 Å². The van der Waals surface area contributed by atoms with Crippen LogP contribution in [0.1, 0.15) is 28.8 Å². The summed E-state index contributed by atoms with van der Waals surface area (Å²) >= 11 is 0. The number of ether oxygens (including phenoxy) is 1. The number of esters is 1. The first kappa shape index (κ1) is 19.6. The lowest BCUT2D eigenvalue weighted by Crippen LogP contribution is -2.25. The van der Waals surface area contributed by atoms with E-state index in [4.69, 9.17) is 4.74 Å². The maximum atomic E-state index is 12.4. The van der Waals surface area contributed by atoms with E-state index in [-0.39, 0.29) is 11.8 Å². The topological polar surface area (TPSA) is 72.7 Å². The fourth-order valence-electron chi connectivity index (χ4n) is 2.58. The molecule has 0 spiro atoms. The molecule has 2 aromatic rings. The molecule has 0 aromatic heterocycles. The predicted molar refractivity (Wildman–Crippen MR) is 100 cm³/mol. The summed E-state index contributed by atoms with van der Waals surface area (Å²) in [6.07, 6.45) is 2.09. The minimum Gasteiger partial charge on any atom is -0.459 e. The van der Waals surface area contributed by atoms with Crippen molar-refractivity contribution in [1.29, 1.82) is 0 Å². The zero-order valence-corrected chi connectivity index (χ0v) is 15.1. The number of carbonyl (C=O) groups is 1. The predicted octanol–water partition coefficient (Wildman–Crippen LogP) is 3.70. The van der Waals surface area contributed by atoms with E-state index in [9.17, 15) is 14.9 Å². The number of non-ortho nitro benzene ring substituents is 1. The Balaban J connectivity index is 1.99. The van der Waals surface area contributed by atoms with E-state index < -0.39 is 10.9 Å². The number of carbonyl (C=O) groups excluding carboxylic acids is 1. The van der Waals surface area contributed by atoms with Crippen molar-refractivity contribution in [2.75, 3.05) is 20.6 Å². The number of aryl methyl sites for hydroxylation is 1. The number of hydrogen-bond acceptors (Lipinski definition) is 5. The standard InChI is InChI=1S/C20H24N2O4/c1-21(2)15-14-19(13-8-16-6-4-3-5-7-16)26-20(23)17-9-11-18(12-10-17)22(24)25/h3-7,9-12,19H,8,13-15H2,1-2H3. The molecule has 0 saturated carbocycles. The molecular weight excluding hydrogens is 332 g/mol. The number of rotatable bonds is 9. The maximum absolute atomic E-state index is 12.4. The van der Waals surface area contributed by atoms with Crippen LogP contribution in [0.2, 0.25) is 0 Å². The second-order valence-corrected chi connectivity index (χ2v) is 6.45. The van der Waals surface area contributed by atoms with Crippen LogP contribution in [0.5, 0.6) is 0 Å². The van der Waals surface area contributed by atoms with Gasteiger partial charge in [0, 0.05) is 18.7 Å². The summed E-state index contributed by atoms with van der Waals surface area (Å²) in [4.78, 5) is 24.7. The van der Waals surface area contributed by atoms with Crippen molar-refractivity contribution in [1.82, 2.24) is 4.90 Å². The van der Waals surface area contributed by atoms with Crippen LogP contribution in [-0.2, 0) is 11.2 Å². The Bertz CT molecular complexity index is 714. The summed E-state index contributed by atoms with van der Waals surface area (Å²) in [6, 6.07) is 15.6. The summed E-state index contributed by atoms with van der Waals surface area (Å²) in [5, 5.41) is 10.7. The zero-order chi connectivity index (χ0) is 18.9. The van der Waals surface area contributed by atoms with Gasteiger partial charge in [-0.15, -0.1) is 0 Å². The molecule has 2 aromatic carbocycles. The van der Waals surface area contributed by atoms with Gasteiger partial charge in [0.15, 0.2) is 0 Å². The van der Waals surface area contributed by atoms with Gasteiger partial charge in [-0.3, -0.25) is 10.1 Å². The number of nitro groups is 1. The monoisotopic (exact) mass is 356 g/mol.